The molecule has 0 unspecified atom stereocenters. The SMILES string of the molecule is CCOC(=O)CCOCCOCCOCCOCCOCCOCCOCCOCCOC(c1ccccc1)(c1ccccc1)c1ccccc1. The molecule has 0 fully saturated rings. The van der Waals surface area contributed by atoms with Crippen LogP contribution in [0.25, 0.3) is 0 Å². The summed E-state index contributed by atoms with van der Waals surface area (Å²) < 4.78 is 55.8. The van der Waals surface area contributed by atoms with E-state index in [1.165, 1.54) is 0 Å². The Morgan fingerprint density at radius 2 is 0.686 bits per heavy atom. The normalized spacial score (nSPS) is 11.5. The van der Waals surface area contributed by atoms with Gasteiger partial charge in [0, 0.05) is 0 Å². The van der Waals surface area contributed by atoms with Crippen LogP contribution in [0.1, 0.15) is 30.0 Å². The highest BCUT2D eigenvalue weighted by molar-refractivity contribution is 5.69. The van der Waals surface area contributed by atoms with Crippen LogP contribution in [0.2, 0.25) is 0 Å². The lowest BCUT2D eigenvalue weighted by Crippen LogP contribution is -2.34. The second kappa shape index (κ2) is 28.4. The van der Waals surface area contributed by atoms with E-state index in [0.29, 0.717) is 119 Å². The van der Waals surface area contributed by atoms with Gasteiger partial charge in [-0.25, -0.2) is 0 Å². The zero-order valence-corrected chi connectivity index (χ0v) is 30.1. The molecule has 0 aliphatic carbocycles. The van der Waals surface area contributed by atoms with Crippen molar-refractivity contribution in [2.24, 2.45) is 0 Å². The third kappa shape index (κ3) is 17.7. The fourth-order valence-corrected chi connectivity index (χ4v) is 5.05. The lowest BCUT2D eigenvalue weighted by Gasteiger charge is -2.36. The molecule has 0 radical (unpaired) electrons. The molecule has 51 heavy (non-hydrogen) atoms. The van der Waals surface area contributed by atoms with Gasteiger partial charge in [0.25, 0.3) is 0 Å². The molecule has 0 aliphatic heterocycles. The van der Waals surface area contributed by atoms with Crippen molar-refractivity contribution >= 4 is 5.97 Å². The maximum Gasteiger partial charge on any atom is 0.308 e. The molecule has 0 aromatic heterocycles. The molecule has 282 valence electrons. The topological polar surface area (TPSA) is 109 Å². The van der Waals surface area contributed by atoms with Crippen LogP contribution in [0.4, 0.5) is 0 Å². The van der Waals surface area contributed by atoms with E-state index in [4.69, 9.17) is 47.4 Å². The van der Waals surface area contributed by atoms with E-state index in [1.54, 1.807) is 6.92 Å². The quantitative estimate of drug-likeness (QED) is 0.0491. The Balaban J connectivity index is 1.11. The molecule has 0 N–H and O–H groups in total. The zero-order chi connectivity index (χ0) is 35.9. The number of rotatable bonds is 32. The predicted molar refractivity (Wildman–Crippen MR) is 193 cm³/mol. The first-order chi connectivity index (χ1) is 25.3. The van der Waals surface area contributed by atoms with Gasteiger partial charge in [-0.1, -0.05) is 91.0 Å². The van der Waals surface area contributed by atoms with Crippen LogP contribution in [-0.2, 0) is 57.8 Å². The average molecular weight is 713 g/mol. The smallest absolute Gasteiger partial charge is 0.308 e. The van der Waals surface area contributed by atoms with E-state index in [1.807, 2.05) is 54.6 Å². The van der Waals surface area contributed by atoms with Gasteiger partial charge in [-0.15, -0.1) is 0 Å². The third-order valence-corrected chi connectivity index (χ3v) is 7.45. The molecule has 0 atom stereocenters. The first-order valence-corrected chi connectivity index (χ1v) is 17.9. The van der Waals surface area contributed by atoms with Gasteiger partial charge < -0.3 is 47.4 Å². The van der Waals surface area contributed by atoms with Crippen LogP contribution in [0, 0.1) is 0 Å². The number of carbonyl (C=O) groups is 1. The van der Waals surface area contributed by atoms with Crippen LogP contribution >= 0.6 is 0 Å². The molecule has 3 aromatic rings. The molecule has 3 aromatic carbocycles. The molecule has 11 heteroatoms. The fourth-order valence-electron chi connectivity index (χ4n) is 5.05. The Bertz CT molecular complexity index is 1130. The first-order valence-electron chi connectivity index (χ1n) is 17.9. The Morgan fingerprint density at radius 3 is 0.980 bits per heavy atom. The van der Waals surface area contributed by atoms with Crippen LogP contribution in [0.5, 0.6) is 0 Å². The van der Waals surface area contributed by atoms with Gasteiger partial charge >= 0.3 is 5.97 Å². The number of esters is 1. The fraction of sp³-hybridized carbons (Fsp3) is 0.525. The molecule has 0 aliphatic rings. The largest absolute Gasteiger partial charge is 0.466 e. The number of benzene rings is 3. The van der Waals surface area contributed by atoms with Gasteiger partial charge in [0.2, 0.25) is 0 Å². The van der Waals surface area contributed by atoms with Gasteiger partial charge in [0.1, 0.15) is 5.60 Å². The molecule has 0 heterocycles. The molecule has 0 saturated carbocycles. The summed E-state index contributed by atoms with van der Waals surface area (Å²) in [6.07, 6.45) is 0.255. The Kier molecular flexibility index (Phi) is 23.5. The summed E-state index contributed by atoms with van der Waals surface area (Å²) in [5, 5.41) is 0. The van der Waals surface area contributed by atoms with Crippen molar-refractivity contribution in [3.63, 3.8) is 0 Å². The molecular formula is C40H56O11. The van der Waals surface area contributed by atoms with Gasteiger partial charge in [-0.3, -0.25) is 4.79 Å². The van der Waals surface area contributed by atoms with E-state index in [2.05, 4.69) is 36.4 Å². The predicted octanol–water partition coefficient (Wildman–Crippen LogP) is 5.08. The van der Waals surface area contributed by atoms with Crippen LogP contribution in [0.3, 0.4) is 0 Å². The Hall–Kier alpha value is -3.23. The average Bonchev–Trinajstić information content (AvgIpc) is 3.17. The van der Waals surface area contributed by atoms with Crippen LogP contribution in [-0.4, -0.2) is 125 Å². The summed E-state index contributed by atoms with van der Waals surface area (Å²) in [5.41, 5.74) is 2.44. The van der Waals surface area contributed by atoms with Gasteiger partial charge in [-0.05, 0) is 23.6 Å². The molecule has 11 nitrogen and oxygen atoms in total. The van der Waals surface area contributed by atoms with Gasteiger partial charge in [0.15, 0.2) is 0 Å². The number of ether oxygens (including phenoxy) is 10. The van der Waals surface area contributed by atoms with Crippen molar-refractivity contribution in [2.45, 2.75) is 18.9 Å². The number of hydrogen-bond acceptors (Lipinski definition) is 11. The van der Waals surface area contributed by atoms with Gasteiger partial charge in [0.05, 0.1) is 125 Å². The second-order valence-electron chi connectivity index (χ2n) is 11.1. The van der Waals surface area contributed by atoms with E-state index < -0.39 is 5.60 Å². The third-order valence-electron chi connectivity index (χ3n) is 7.45. The summed E-state index contributed by atoms with van der Waals surface area (Å²) in [4.78, 5) is 11.2. The highest BCUT2D eigenvalue weighted by Gasteiger charge is 2.37. The number of carbonyl (C=O) groups excluding carboxylic acids is 1. The Morgan fingerprint density at radius 1 is 0.412 bits per heavy atom. The van der Waals surface area contributed by atoms with Crippen molar-refractivity contribution in [1.82, 2.24) is 0 Å². The summed E-state index contributed by atoms with van der Waals surface area (Å²) in [7, 11) is 0. The van der Waals surface area contributed by atoms with Crippen molar-refractivity contribution in [1.29, 1.82) is 0 Å². The number of hydrogen-bond donors (Lipinski definition) is 0. The Labute approximate surface area is 303 Å². The lowest BCUT2D eigenvalue weighted by molar-refractivity contribution is -0.144. The molecule has 0 spiro atoms. The van der Waals surface area contributed by atoms with Crippen molar-refractivity contribution in [3.05, 3.63) is 108 Å². The molecule has 3 rings (SSSR count). The minimum atomic E-state index is -0.753. The van der Waals surface area contributed by atoms with E-state index >= 15 is 0 Å². The van der Waals surface area contributed by atoms with Crippen molar-refractivity contribution in [3.8, 4) is 0 Å². The maximum absolute atomic E-state index is 11.2. The van der Waals surface area contributed by atoms with E-state index in [-0.39, 0.29) is 12.4 Å². The summed E-state index contributed by atoms with van der Waals surface area (Å²) in [5.74, 6) is -0.251. The zero-order valence-electron chi connectivity index (χ0n) is 30.1. The molecule has 0 saturated heterocycles. The van der Waals surface area contributed by atoms with Crippen LogP contribution in [0.15, 0.2) is 91.0 Å². The second-order valence-corrected chi connectivity index (χ2v) is 11.1. The summed E-state index contributed by atoms with van der Waals surface area (Å²) in [6, 6.07) is 30.9. The maximum atomic E-state index is 11.2. The summed E-state index contributed by atoms with van der Waals surface area (Å²) >= 11 is 0. The minimum Gasteiger partial charge on any atom is -0.466 e. The van der Waals surface area contributed by atoms with Gasteiger partial charge in [-0.2, -0.15) is 0 Å². The first kappa shape index (κ1) is 42.2. The summed E-state index contributed by atoms with van der Waals surface area (Å²) in [6.45, 7) is 10.0. The standard InChI is InChI=1S/C40H56O11/c1-2-50-39(41)18-19-42-20-21-43-22-23-44-24-25-45-26-27-46-28-29-47-30-31-48-32-33-49-34-35-51-40(36-12-6-3-7-13-36,37-14-8-4-9-15-37)38-16-10-5-11-17-38/h3-17H,2,18-35H2,1H3. The highest BCUT2D eigenvalue weighted by atomic mass is 16.6. The van der Waals surface area contributed by atoms with E-state index in [0.717, 1.165) is 16.7 Å². The van der Waals surface area contributed by atoms with E-state index in [9.17, 15) is 4.79 Å². The molecule has 0 bridgehead atoms. The molecule has 0 amide bonds. The molecular weight excluding hydrogens is 656 g/mol. The lowest BCUT2D eigenvalue weighted by atomic mass is 9.80. The highest BCUT2D eigenvalue weighted by Crippen LogP contribution is 2.40. The monoisotopic (exact) mass is 712 g/mol. The minimum absolute atomic E-state index is 0.251. The van der Waals surface area contributed by atoms with Crippen molar-refractivity contribution < 1.29 is 52.2 Å². The van der Waals surface area contributed by atoms with Crippen LogP contribution < -0.4 is 0 Å². The van der Waals surface area contributed by atoms with Crippen molar-refractivity contribution in [2.75, 3.05) is 119 Å².